The Kier molecular flexibility index (Phi) is 3.35. The number of hydrogen-bond donors (Lipinski definition) is 1. The number of pyridine rings is 1. The Labute approximate surface area is 102 Å². The van der Waals surface area contributed by atoms with Gasteiger partial charge in [-0.25, -0.2) is 13.4 Å². The second kappa shape index (κ2) is 4.62. The van der Waals surface area contributed by atoms with Crippen molar-refractivity contribution >= 4 is 15.8 Å². The van der Waals surface area contributed by atoms with Gasteiger partial charge in [0, 0.05) is 26.3 Å². The first-order valence-corrected chi connectivity index (χ1v) is 7.12. The molecule has 1 unspecified atom stereocenters. The standard InChI is InChI=1S/C11H17N3O2S/c1-9-5-6-14(8-9)17(15,16)10-3-4-11(12-2)13-7-10/h3-4,7,9H,5-6,8H2,1-2H3,(H,12,13). The SMILES string of the molecule is CNc1ccc(S(=O)(=O)N2CCC(C)C2)cn1. The zero-order valence-electron chi connectivity index (χ0n) is 10.0. The van der Waals surface area contributed by atoms with Crippen LogP contribution in [0.5, 0.6) is 0 Å². The Bertz CT molecular complexity index is 484. The smallest absolute Gasteiger partial charge is 0.244 e. The molecule has 1 aliphatic heterocycles. The molecule has 0 aromatic carbocycles. The molecule has 17 heavy (non-hydrogen) atoms. The van der Waals surface area contributed by atoms with Crippen LogP contribution in [0.25, 0.3) is 0 Å². The van der Waals surface area contributed by atoms with E-state index in [4.69, 9.17) is 0 Å². The maximum absolute atomic E-state index is 12.2. The van der Waals surface area contributed by atoms with Crippen LogP contribution in [0.2, 0.25) is 0 Å². The molecule has 0 radical (unpaired) electrons. The van der Waals surface area contributed by atoms with E-state index >= 15 is 0 Å². The van der Waals surface area contributed by atoms with Gasteiger partial charge in [0.05, 0.1) is 0 Å². The summed E-state index contributed by atoms with van der Waals surface area (Å²) in [5.41, 5.74) is 0. The molecule has 94 valence electrons. The lowest BCUT2D eigenvalue weighted by molar-refractivity contribution is 0.464. The minimum Gasteiger partial charge on any atom is -0.373 e. The van der Waals surface area contributed by atoms with Crippen molar-refractivity contribution < 1.29 is 8.42 Å². The quantitative estimate of drug-likeness (QED) is 0.880. The van der Waals surface area contributed by atoms with Gasteiger partial charge in [-0.05, 0) is 24.5 Å². The fourth-order valence-corrected chi connectivity index (χ4v) is 3.46. The molecule has 0 saturated carbocycles. The minimum atomic E-state index is -3.35. The molecular formula is C11H17N3O2S. The first-order chi connectivity index (χ1) is 8.04. The van der Waals surface area contributed by atoms with Gasteiger partial charge in [-0.3, -0.25) is 0 Å². The van der Waals surface area contributed by atoms with Crippen molar-refractivity contribution in [2.75, 3.05) is 25.5 Å². The van der Waals surface area contributed by atoms with E-state index in [9.17, 15) is 8.42 Å². The number of hydrogen-bond acceptors (Lipinski definition) is 4. The number of rotatable bonds is 3. The van der Waals surface area contributed by atoms with Crippen molar-refractivity contribution in [3.63, 3.8) is 0 Å². The molecule has 0 amide bonds. The summed E-state index contributed by atoms with van der Waals surface area (Å²) in [6.45, 7) is 3.28. The van der Waals surface area contributed by atoms with Gasteiger partial charge in [0.25, 0.3) is 0 Å². The van der Waals surface area contributed by atoms with Crippen molar-refractivity contribution in [3.05, 3.63) is 18.3 Å². The van der Waals surface area contributed by atoms with Crippen molar-refractivity contribution in [2.45, 2.75) is 18.2 Å². The normalized spacial score (nSPS) is 21.6. The van der Waals surface area contributed by atoms with E-state index in [1.165, 1.54) is 10.5 Å². The molecule has 1 atom stereocenters. The first kappa shape index (κ1) is 12.3. The number of sulfonamides is 1. The molecule has 1 fully saturated rings. The molecule has 0 spiro atoms. The molecular weight excluding hydrogens is 238 g/mol. The number of anilines is 1. The van der Waals surface area contributed by atoms with E-state index in [0.717, 1.165) is 6.42 Å². The predicted molar refractivity (Wildman–Crippen MR) is 66.3 cm³/mol. The Hall–Kier alpha value is -1.14. The Morgan fingerprint density at radius 1 is 1.47 bits per heavy atom. The lowest BCUT2D eigenvalue weighted by Gasteiger charge is -2.15. The van der Waals surface area contributed by atoms with Gasteiger partial charge >= 0.3 is 0 Å². The predicted octanol–water partition coefficient (Wildman–Crippen LogP) is 1.15. The zero-order valence-corrected chi connectivity index (χ0v) is 10.9. The number of nitrogens with zero attached hydrogens (tertiary/aromatic N) is 2. The highest BCUT2D eigenvalue weighted by atomic mass is 32.2. The van der Waals surface area contributed by atoms with E-state index in [0.29, 0.717) is 24.8 Å². The molecule has 2 heterocycles. The second-order valence-electron chi connectivity index (χ2n) is 4.39. The van der Waals surface area contributed by atoms with Crippen LogP contribution in [-0.2, 0) is 10.0 Å². The molecule has 1 aliphatic rings. The van der Waals surface area contributed by atoms with E-state index < -0.39 is 10.0 Å². The largest absolute Gasteiger partial charge is 0.373 e. The van der Waals surface area contributed by atoms with Gasteiger partial charge in [0.15, 0.2) is 0 Å². The molecule has 6 heteroatoms. The van der Waals surface area contributed by atoms with E-state index in [1.807, 2.05) is 0 Å². The third kappa shape index (κ3) is 2.42. The molecule has 5 nitrogen and oxygen atoms in total. The first-order valence-electron chi connectivity index (χ1n) is 5.68. The van der Waals surface area contributed by atoms with Crippen molar-refractivity contribution in [1.82, 2.24) is 9.29 Å². The Morgan fingerprint density at radius 3 is 2.71 bits per heavy atom. The minimum absolute atomic E-state index is 0.269. The highest BCUT2D eigenvalue weighted by Gasteiger charge is 2.30. The van der Waals surface area contributed by atoms with Crippen LogP contribution < -0.4 is 5.32 Å². The average Bonchev–Trinajstić information content (AvgIpc) is 2.77. The molecule has 1 aromatic rings. The third-order valence-corrected chi connectivity index (χ3v) is 4.87. The molecule has 1 saturated heterocycles. The van der Waals surface area contributed by atoms with Crippen LogP contribution in [0.1, 0.15) is 13.3 Å². The number of nitrogens with one attached hydrogen (secondary N) is 1. The summed E-state index contributed by atoms with van der Waals surface area (Å²) in [4.78, 5) is 4.31. The molecule has 0 aliphatic carbocycles. The van der Waals surface area contributed by atoms with Crippen LogP contribution in [0.15, 0.2) is 23.2 Å². The Morgan fingerprint density at radius 2 is 2.24 bits per heavy atom. The Balaban J connectivity index is 2.25. The van der Waals surface area contributed by atoms with Crippen LogP contribution in [0.3, 0.4) is 0 Å². The van der Waals surface area contributed by atoms with Crippen molar-refractivity contribution in [1.29, 1.82) is 0 Å². The summed E-state index contributed by atoms with van der Waals surface area (Å²) in [5.74, 6) is 1.10. The fourth-order valence-electron chi connectivity index (χ4n) is 1.94. The van der Waals surface area contributed by atoms with E-state index in [-0.39, 0.29) is 4.90 Å². The molecule has 1 N–H and O–H groups in total. The lowest BCUT2D eigenvalue weighted by Crippen LogP contribution is -2.28. The highest BCUT2D eigenvalue weighted by Crippen LogP contribution is 2.23. The summed E-state index contributed by atoms with van der Waals surface area (Å²) in [7, 11) is -1.60. The number of aromatic nitrogens is 1. The highest BCUT2D eigenvalue weighted by molar-refractivity contribution is 7.89. The van der Waals surface area contributed by atoms with Gasteiger partial charge < -0.3 is 5.32 Å². The summed E-state index contributed by atoms with van der Waals surface area (Å²) < 4.78 is 26.0. The van der Waals surface area contributed by atoms with Gasteiger partial charge in [-0.1, -0.05) is 6.92 Å². The average molecular weight is 255 g/mol. The van der Waals surface area contributed by atoms with Gasteiger partial charge in [0.1, 0.15) is 10.7 Å². The second-order valence-corrected chi connectivity index (χ2v) is 6.32. The lowest BCUT2D eigenvalue weighted by atomic mass is 10.2. The monoisotopic (exact) mass is 255 g/mol. The van der Waals surface area contributed by atoms with Gasteiger partial charge in [0.2, 0.25) is 10.0 Å². The van der Waals surface area contributed by atoms with Crippen LogP contribution >= 0.6 is 0 Å². The van der Waals surface area contributed by atoms with E-state index in [1.54, 1.807) is 19.2 Å². The summed E-state index contributed by atoms with van der Waals surface area (Å²) in [6.07, 6.45) is 2.34. The van der Waals surface area contributed by atoms with E-state index in [2.05, 4.69) is 17.2 Å². The maximum atomic E-state index is 12.2. The van der Waals surface area contributed by atoms with Crippen LogP contribution in [0.4, 0.5) is 5.82 Å². The van der Waals surface area contributed by atoms with Crippen LogP contribution in [-0.4, -0.2) is 37.8 Å². The van der Waals surface area contributed by atoms with Crippen molar-refractivity contribution in [2.24, 2.45) is 5.92 Å². The summed E-state index contributed by atoms with van der Waals surface area (Å²) in [6, 6.07) is 3.27. The van der Waals surface area contributed by atoms with Gasteiger partial charge in [-0.15, -0.1) is 0 Å². The summed E-state index contributed by atoms with van der Waals surface area (Å²) in [5, 5.41) is 2.86. The summed E-state index contributed by atoms with van der Waals surface area (Å²) >= 11 is 0. The van der Waals surface area contributed by atoms with Crippen molar-refractivity contribution in [3.8, 4) is 0 Å². The third-order valence-electron chi connectivity index (χ3n) is 3.02. The molecule has 2 rings (SSSR count). The van der Waals surface area contributed by atoms with Gasteiger partial charge in [-0.2, -0.15) is 4.31 Å². The molecule has 1 aromatic heterocycles. The van der Waals surface area contributed by atoms with Crippen LogP contribution in [0, 0.1) is 5.92 Å². The molecule has 0 bridgehead atoms. The topological polar surface area (TPSA) is 62.3 Å². The maximum Gasteiger partial charge on any atom is 0.244 e. The zero-order chi connectivity index (χ0) is 12.5. The fraction of sp³-hybridized carbons (Fsp3) is 0.545.